The second-order valence-electron chi connectivity index (χ2n) is 4.57. The lowest BCUT2D eigenvalue weighted by molar-refractivity contribution is -0.126. The van der Waals surface area contributed by atoms with Gasteiger partial charge in [-0.2, -0.15) is 0 Å². The first-order valence-electron chi connectivity index (χ1n) is 6.90. The Balaban J connectivity index is 2.17. The van der Waals surface area contributed by atoms with E-state index in [9.17, 15) is 14.0 Å². The maximum atomic E-state index is 13.3. The van der Waals surface area contributed by atoms with Gasteiger partial charge in [-0.3, -0.25) is 9.59 Å². The molecule has 0 atom stereocenters. The molecule has 5 heteroatoms. The van der Waals surface area contributed by atoms with Crippen LogP contribution in [0.1, 0.15) is 31.7 Å². The number of halogens is 1. The summed E-state index contributed by atoms with van der Waals surface area (Å²) in [6, 6.07) is 6.47. The first-order valence-corrected chi connectivity index (χ1v) is 6.90. The molecule has 0 fully saturated rings. The third kappa shape index (κ3) is 6.31. The van der Waals surface area contributed by atoms with Gasteiger partial charge in [-0.1, -0.05) is 31.5 Å². The fourth-order valence-corrected chi connectivity index (χ4v) is 1.70. The number of hydrogen-bond acceptors (Lipinski definition) is 2. The van der Waals surface area contributed by atoms with E-state index >= 15 is 0 Å². The van der Waals surface area contributed by atoms with Gasteiger partial charge >= 0.3 is 0 Å². The third-order valence-electron chi connectivity index (χ3n) is 2.88. The van der Waals surface area contributed by atoms with Gasteiger partial charge in [0.2, 0.25) is 11.8 Å². The maximum absolute atomic E-state index is 13.3. The monoisotopic (exact) mass is 280 g/mol. The Kier molecular flexibility index (Phi) is 7.32. The van der Waals surface area contributed by atoms with Crippen molar-refractivity contribution < 1.29 is 14.0 Å². The van der Waals surface area contributed by atoms with Crippen molar-refractivity contribution in [1.82, 2.24) is 10.6 Å². The van der Waals surface area contributed by atoms with Gasteiger partial charge in [-0.25, -0.2) is 4.39 Å². The predicted molar refractivity (Wildman–Crippen MR) is 75.6 cm³/mol. The Bertz CT molecular complexity index is 449. The summed E-state index contributed by atoms with van der Waals surface area (Å²) < 4.78 is 13.3. The normalized spacial score (nSPS) is 10.1. The molecule has 0 aromatic heterocycles. The van der Waals surface area contributed by atoms with Crippen molar-refractivity contribution in [3.8, 4) is 0 Å². The largest absolute Gasteiger partial charge is 0.354 e. The van der Waals surface area contributed by atoms with Crippen LogP contribution in [-0.4, -0.2) is 24.9 Å². The minimum Gasteiger partial charge on any atom is -0.354 e. The van der Waals surface area contributed by atoms with E-state index in [-0.39, 0.29) is 24.2 Å². The molecule has 0 heterocycles. The molecular weight excluding hydrogens is 259 g/mol. The van der Waals surface area contributed by atoms with Crippen molar-refractivity contribution in [3.05, 3.63) is 35.6 Å². The number of carbonyl (C=O) groups is 2. The highest BCUT2D eigenvalue weighted by atomic mass is 19.1. The van der Waals surface area contributed by atoms with Gasteiger partial charge in [0.25, 0.3) is 0 Å². The van der Waals surface area contributed by atoms with Crippen LogP contribution in [0.3, 0.4) is 0 Å². The van der Waals surface area contributed by atoms with Gasteiger partial charge in [0.1, 0.15) is 5.82 Å². The average molecular weight is 280 g/mol. The lowest BCUT2D eigenvalue weighted by Gasteiger charge is -2.07. The highest BCUT2D eigenvalue weighted by molar-refractivity contribution is 5.84. The van der Waals surface area contributed by atoms with Gasteiger partial charge < -0.3 is 10.6 Å². The van der Waals surface area contributed by atoms with Crippen molar-refractivity contribution in [3.63, 3.8) is 0 Å². The Morgan fingerprint density at radius 3 is 2.60 bits per heavy atom. The van der Waals surface area contributed by atoms with Crippen molar-refractivity contribution in [1.29, 1.82) is 0 Å². The molecule has 0 bridgehead atoms. The van der Waals surface area contributed by atoms with E-state index < -0.39 is 0 Å². The molecule has 1 aromatic rings. The van der Waals surface area contributed by atoms with Crippen LogP contribution in [0, 0.1) is 5.82 Å². The molecule has 0 aliphatic carbocycles. The van der Waals surface area contributed by atoms with Crippen molar-refractivity contribution in [2.75, 3.05) is 13.1 Å². The van der Waals surface area contributed by atoms with Gasteiger partial charge in [-0.05, 0) is 24.5 Å². The summed E-state index contributed by atoms with van der Waals surface area (Å²) in [5.74, 6) is -0.642. The summed E-state index contributed by atoms with van der Waals surface area (Å²) >= 11 is 0. The number of hydrogen-bond donors (Lipinski definition) is 2. The summed E-state index contributed by atoms with van der Waals surface area (Å²) in [5.41, 5.74) is 0.569. The van der Waals surface area contributed by atoms with E-state index in [1.54, 1.807) is 18.2 Å². The fraction of sp³-hybridized carbons (Fsp3) is 0.467. The van der Waals surface area contributed by atoms with Crippen LogP contribution < -0.4 is 10.6 Å². The standard InChI is InChI=1S/C15H21FN2O2/c1-2-3-8-14(19)18-11-15(20)17-10-9-12-6-4-5-7-13(12)16/h4-7H,2-3,8-11H2,1H3,(H,17,20)(H,18,19). The molecule has 0 unspecified atom stereocenters. The Morgan fingerprint density at radius 2 is 1.90 bits per heavy atom. The molecule has 0 aliphatic rings. The quantitative estimate of drug-likeness (QED) is 0.762. The fourth-order valence-electron chi connectivity index (χ4n) is 1.70. The molecule has 1 rings (SSSR count). The molecule has 0 spiro atoms. The highest BCUT2D eigenvalue weighted by Gasteiger charge is 2.05. The topological polar surface area (TPSA) is 58.2 Å². The highest BCUT2D eigenvalue weighted by Crippen LogP contribution is 2.05. The second-order valence-corrected chi connectivity index (χ2v) is 4.57. The molecule has 2 N–H and O–H groups in total. The zero-order chi connectivity index (χ0) is 14.8. The summed E-state index contributed by atoms with van der Waals surface area (Å²) in [4.78, 5) is 22.8. The smallest absolute Gasteiger partial charge is 0.239 e. The van der Waals surface area contributed by atoms with Crippen LogP contribution in [-0.2, 0) is 16.0 Å². The van der Waals surface area contributed by atoms with E-state index in [0.29, 0.717) is 24.9 Å². The van der Waals surface area contributed by atoms with Crippen LogP contribution in [0.25, 0.3) is 0 Å². The number of amides is 2. The molecule has 1 aromatic carbocycles. The van der Waals surface area contributed by atoms with Gasteiger partial charge in [-0.15, -0.1) is 0 Å². The summed E-state index contributed by atoms with van der Waals surface area (Å²) in [6.07, 6.45) is 2.64. The van der Waals surface area contributed by atoms with Crippen LogP contribution in [0.2, 0.25) is 0 Å². The first-order chi connectivity index (χ1) is 9.63. The molecule has 110 valence electrons. The van der Waals surface area contributed by atoms with E-state index in [0.717, 1.165) is 12.8 Å². The van der Waals surface area contributed by atoms with Crippen molar-refractivity contribution >= 4 is 11.8 Å². The molecule has 0 aliphatic heterocycles. The van der Waals surface area contributed by atoms with Crippen molar-refractivity contribution in [2.45, 2.75) is 32.6 Å². The van der Waals surface area contributed by atoms with E-state index in [1.807, 2.05) is 6.92 Å². The molecule has 2 amide bonds. The van der Waals surface area contributed by atoms with Gasteiger partial charge in [0, 0.05) is 13.0 Å². The Hall–Kier alpha value is -1.91. The number of unbranched alkanes of at least 4 members (excludes halogenated alkanes) is 1. The summed E-state index contributed by atoms with van der Waals surface area (Å²) in [7, 11) is 0. The van der Waals surface area contributed by atoms with Crippen LogP contribution in [0.15, 0.2) is 24.3 Å². The van der Waals surface area contributed by atoms with E-state index in [1.165, 1.54) is 6.07 Å². The summed E-state index contributed by atoms with van der Waals surface area (Å²) in [6.45, 7) is 2.33. The zero-order valence-electron chi connectivity index (χ0n) is 11.7. The van der Waals surface area contributed by atoms with Gasteiger partial charge in [0.15, 0.2) is 0 Å². The minimum atomic E-state index is -0.269. The molecular formula is C15H21FN2O2. The Morgan fingerprint density at radius 1 is 1.15 bits per heavy atom. The lowest BCUT2D eigenvalue weighted by Crippen LogP contribution is -2.37. The number of benzene rings is 1. The Labute approximate surface area is 118 Å². The molecule has 4 nitrogen and oxygen atoms in total. The minimum absolute atomic E-state index is 0.0280. The zero-order valence-corrected chi connectivity index (χ0v) is 11.7. The molecule has 0 saturated carbocycles. The van der Waals surface area contributed by atoms with E-state index in [4.69, 9.17) is 0 Å². The number of carbonyl (C=O) groups excluding carboxylic acids is 2. The average Bonchev–Trinajstić information content (AvgIpc) is 2.45. The first kappa shape index (κ1) is 16.1. The number of rotatable bonds is 8. The predicted octanol–water partition coefficient (Wildman–Crippen LogP) is 1.79. The second kappa shape index (κ2) is 9.07. The van der Waals surface area contributed by atoms with Crippen LogP contribution in [0.5, 0.6) is 0 Å². The van der Waals surface area contributed by atoms with Crippen LogP contribution in [0.4, 0.5) is 4.39 Å². The number of nitrogens with one attached hydrogen (secondary N) is 2. The molecule has 0 radical (unpaired) electrons. The van der Waals surface area contributed by atoms with Crippen molar-refractivity contribution in [2.24, 2.45) is 0 Å². The third-order valence-corrected chi connectivity index (χ3v) is 2.88. The lowest BCUT2D eigenvalue weighted by atomic mass is 10.1. The van der Waals surface area contributed by atoms with Gasteiger partial charge in [0.05, 0.1) is 6.54 Å². The summed E-state index contributed by atoms with van der Waals surface area (Å²) in [5, 5.41) is 5.20. The molecule has 20 heavy (non-hydrogen) atoms. The van der Waals surface area contributed by atoms with E-state index in [2.05, 4.69) is 10.6 Å². The SMILES string of the molecule is CCCCC(=O)NCC(=O)NCCc1ccccc1F. The maximum Gasteiger partial charge on any atom is 0.239 e. The van der Waals surface area contributed by atoms with Crippen LogP contribution >= 0.6 is 0 Å². The molecule has 0 saturated heterocycles.